The van der Waals surface area contributed by atoms with E-state index in [0.717, 1.165) is 16.9 Å². The fraction of sp³-hybridized carbons (Fsp3) is 0.615. The van der Waals surface area contributed by atoms with E-state index < -0.39 is 0 Å². The lowest BCUT2D eigenvalue weighted by atomic mass is 10.1. The number of carbonyl (C=O) groups is 1. The molecule has 5 heteroatoms. The molecule has 18 heavy (non-hydrogen) atoms. The first-order valence-electron chi connectivity index (χ1n) is 6.22. The number of alkyl halides is 1. The molecule has 0 bridgehead atoms. The van der Waals surface area contributed by atoms with Gasteiger partial charge in [-0.2, -0.15) is 0 Å². The third kappa shape index (κ3) is 2.87. The molecule has 1 saturated heterocycles. The number of ether oxygens (including phenoxy) is 1. The van der Waals surface area contributed by atoms with Gasteiger partial charge in [0.2, 0.25) is 0 Å². The molecule has 1 aromatic heterocycles. The Morgan fingerprint density at radius 1 is 1.61 bits per heavy atom. The predicted octanol–water partition coefficient (Wildman–Crippen LogP) is 2.78. The summed E-state index contributed by atoms with van der Waals surface area (Å²) in [6.07, 6.45) is 0.893. The zero-order valence-electron chi connectivity index (χ0n) is 10.7. The van der Waals surface area contributed by atoms with E-state index >= 15 is 0 Å². The van der Waals surface area contributed by atoms with E-state index in [4.69, 9.17) is 16.3 Å². The lowest BCUT2D eigenvalue weighted by Crippen LogP contribution is -2.49. The van der Waals surface area contributed by atoms with Gasteiger partial charge in [-0.3, -0.25) is 4.79 Å². The number of aryl methyl sites for hydroxylation is 1. The highest BCUT2D eigenvalue weighted by Gasteiger charge is 2.29. The summed E-state index contributed by atoms with van der Waals surface area (Å²) in [5, 5.41) is 1.98. The van der Waals surface area contributed by atoms with Gasteiger partial charge >= 0.3 is 0 Å². The van der Waals surface area contributed by atoms with Crippen LogP contribution in [0.2, 0.25) is 0 Å². The van der Waals surface area contributed by atoms with Crippen molar-refractivity contribution in [3.8, 4) is 0 Å². The Labute approximate surface area is 117 Å². The van der Waals surface area contributed by atoms with Gasteiger partial charge in [-0.25, -0.2) is 0 Å². The molecule has 1 aliphatic rings. The molecule has 0 aromatic carbocycles. The molecule has 2 atom stereocenters. The van der Waals surface area contributed by atoms with Crippen molar-refractivity contribution in [3.63, 3.8) is 0 Å². The third-order valence-electron chi connectivity index (χ3n) is 3.11. The van der Waals surface area contributed by atoms with Gasteiger partial charge in [-0.05, 0) is 30.4 Å². The van der Waals surface area contributed by atoms with E-state index in [2.05, 4.69) is 6.92 Å². The average Bonchev–Trinajstić information content (AvgIpc) is 2.85. The number of thiophene rings is 1. The second kappa shape index (κ2) is 6.04. The molecule has 0 N–H and O–H groups in total. The first-order chi connectivity index (χ1) is 8.65. The highest BCUT2D eigenvalue weighted by Crippen LogP contribution is 2.22. The maximum Gasteiger partial charge on any atom is 0.264 e. The summed E-state index contributed by atoms with van der Waals surface area (Å²) in [6.45, 7) is 5.29. The van der Waals surface area contributed by atoms with E-state index in [1.54, 1.807) is 0 Å². The summed E-state index contributed by atoms with van der Waals surface area (Å²) in [5.74, 6) is 0.547. The van der Waals surface area contributed by atoms with Crippen LogP contribution in [-0.2, 0) is 11.2 Å². The van der Waals surface area contributed by atoms with Gasteiger partial charge in [-0.1, -0.05) is 6.92 Å². The van der Waals surface area contributed by atoms with Gasteiger partial charge in [0, 0.05) is 13.1 Å². The Balaban J connectivity index is 2.13. The zero-order valence-corrected chi connectivity index (χ0v) is 12.3. The van der Waals surface area contributed by atoms with Crippen molar-refractivity contribution >= 4 is 28.8 Å². The minimum Gasteiger partial charge on any atom is -0.370 e. The molecule has 2 heterocycles. The Morgan fingerprint density at radius 2 is 2.39 bits per heavy atom. The van der Waals surface area contributed by atoms with Crippen LogP contribution in [-0.4, -0.2) is 42.0 Å². The molecule has 100 valence electrons. The number of hydrogen-bond donors (Lipinski definition) is 0. The van der Waals surface area contributed by atoms with Crippen LogP contribution in [0.3, 0.4) is 0 Å². The fourth-order valence-electron chi connectivity index (χ4n) is 2.24. The van der Waals surface area contributed by atoms with Gasteiger partial charge < -0.3 is 9.64 Å². The molecule has 1 amide bonds. The van der Waals surface area contributed by atoms with E-state index in [1.807, 2.05) is 23.3 Å². The number of rotatable bonds is 3. The molecule has 0 saturated carbocycles. The Morgan fingerprint density at radius 3 is 3.06 bits per heavy atom. The number of nitrogens with zero attached hydrogens (tertiary/aromatic N) is 1. The molecular weight excluding hydrogens is 270 g/mol. The molecule has 1 fully saturated rings. The fourth-order valence-corrected chi connectivity index (χ4v) is 3.37. The van der Waals surface area contributed by atoms with E-state index in [1.165, 1.54) is 11.3 Å². The van der Waals surface area contributed by atoms with Crippen LogP contribution >= 0.6 is 22.9 Å². The topological polar surface area (TPSA) is 29.5 Å². The molecule has 3 nitrogen and oxygen atoms in total. The monoisotopic (exact) mass is 287 g/mol. The maximum atomic E-state index is 12.5. The van der Waals surface area contributed by atoms with Crippen molar-refractivity contribution in [2.75, 3.05) is 19.0 Å². The van der Waals surface area contributed by atoms with Gasteiger partial charge in [0.05, 0.1) is 23.0 Å². The second-order valence-corrected chi connectivity index (χ2v) is 5.79. The summed E-state index contributed by atoms with van der Waals surface area (Å²) < 4.78 is 5.67. The Bertz CT molecular complexity index is 421. The highest BCUT2D eigenvalue weighted by molar-refractivity contribution is 7.12. The molecule has 1 aliphatic heterocycles. The Kier molecular flexibility index (Phi) is 4.65. The van der Waals surface area contributed by atoms with E-state index in [-0.39, 0.29) is 18.1 Å². The first-order valence-corrected chi connectivity index (χ1v) is 7.64. The molecule has 2 unspecified atom stereocenters. The molecule has 0 spiro atoms. The molecule has 0 aliphatic carbocycles. The maximum absolute atomic E-state index is 12.5. The quantitative estimate of drug-likeness (QED) is 0.800. The van der Waals surface area contributed by atoms with Crippen LogP contribution in [0.1, 0.15) is 29.1 Å². The van der Waals surface area contributed by atoms with Crippen molar-refractivity contribution in [2.24, 2.45) is 0 Å². The summed E-state index contributed by atoms with van der Waals surface area (Å²) >= 11 is 7.36. The van der Waals surface area contributed by atoms with Crippen LogP contribution in [0.4, 0.5) is 0 Å². The lowest BCUT2D eigenvalue weighted by Gasteiger charge is -2.36. The van der Waals surface area contributed by atoms with Crippen molar-refractivity contribution in [1.82, 2.24) is 4.90 Å². The van der Waals surface area contributed by atoms with E-state index in [0.29, 0.717) is 19.0 Å². The van der Waals surface area contributed by atoms with Crippen molar-refractivity contribution < 1.29 is 9.53 Å². The minimum atomic E-state index is -0.0515. The number of carbonyl (C=O) groups excluding carboxylic acids is 1. The lowest BCUT2D eigenvalue weighted by molar-refractivity contribution is -0.0569. The Hall–Kier alpha value is -0.580. The first kappa shape index (κ1) is 13.8. The van der Waals surface area contributed by atoms with Crippen LogP contribution in [0.15, 0.2) is 11.4 Å². The summed E-state index contributed by atoms with van der Waals surface area (Å²) in [7, 11) is 0. The normalized spacial score (nSPS) is 24.3. The minimum absolute atomic E-state index is 0.0515. The van der Waals surface area contributed by atoms with Gasteiger partial charge in [0.1, 0.15) is 0 Å². The molecule has 1 aromatic rings. The largest absolute Gasteiger partial charge is 0.370 e. The number of morpholine rings is 1. The number of hydrogen-bond acceptors (Lipinski definition) is 3. The van der Waals surface area contributed by atoms with Gasteiger partial charge in [0.25, 0.3) is 5.91 Å². The summed E-state index contributed by atoms with van der Waals surface area (Å²) in [6, 6.07) is 2.03. The van der Waals surface area contributed by atoms with Crippen LogP contribution in [0, 0.1) is 0 Å². The van der Waals surface area contributed by atoms with Crippen molar-refractivity contribution in [1.29, 1.82) is 0 Å². The highest BCUT2D eigenvalue weighted by atomic mass is 35.5. The summed E-state index contributed by atoms with van der Waals surface area (Å²) in [5.41, 5.74) is 1.13. The van der Waals surface area contributed by atoms with Crippen molar-refractivity contribution in [3.05, 3.63) is 21.9 Å². The van der Waals surface area contributed by atoms with Crippen LogP contribution in [0.25, 0.3) is 0 Å². The van der Waals surface area contributed by atoms with Gasteiger partial charge in [0.15, 0.2) is 0 Å². The van der Waals surface area contributed by atoms with Crippen molar-refractivity contribution in [2.45, 2.75) is 32.5 Å². The predicted molar refractivity (Wildman–Crippen MR) is 74.7 cm³/mol. The molecule has 0 radical (unpaired) electrons. The van der Waals surface area contributed by atoms with Gasteiger partial charge in [-0.15, -0.1) is 22.9 Å². The van der Waals surface area contributed by atoms with Crippen LogP contribution in [0.5, 0.6) is 0 Å². The SMILES string of the molecule is CCc1ccsc1C(=O)N1CC(C)OC(CCl)C1. The summed E-state index contributed by atoms with van der Waals surface area (Å²) in [4.78, 5) is 15.2. The number of halogens is 1. The molecule has 2 rings (SSSR count). The standard InChI is InChI=1S/C13H18ClNO2S/c1-3-10-4-5-18-12(10)13(16)15-7-9(2)17-11(6-14)8-15/h4-5,9,11H,3,6-8H2,1-2H3. The van der Waals surface area contributed by atoms with Crippen LogP contribution < -0.4 is 0 Å². The second-order valence-electron chi connectivity index (χ2n) is 4.56. The molecular formula is C13H18ClNO2S. The smallest absolute Gasteiger partial charge is 0.264 e. The third-order valence-corrected chi connectivity index (χ3v) is 4.40. The van der Waals surface area contributed by atoms with E-state index in [9.17, 15) is 4.79 Å². The zero-order chi connectivity index (χ0) is 13.1. The number of amides is 1. The average molecular weight is 288 g/mol.